The first-order valence-electron chi connectivity index (χ1n) is 4.41. The molecule has 9 heteroatoms. The second-order valence-corrected chi connectivity index (χ2v) is 5.50. The van der Waals surface area contributed by atoms with Gasteiger partial charge < -0.3 is 0 Å². The molecule has 0 amide bonds. The highest BCUT2D eigenvalue weighted by Crippen LogP contribution is 2.39. The summed E-state index contributed by atoms with van der Waals surface area (Å²) in [5.41, 5.74) is -0.700. The highest BCUT2D eigenvalue weighted by Gasteiger charge is 2.32. The summed E-state index contributed by atoms with van der Waals surface area (Å²) in [5, 5.41) is -0.266. The van der Waals surface area contributed by atoms with Crippen LogP contribution < -0.4 is 0 Å². The minimum Gasteiger partial charge on any atom is -0.292 e. The lowest BCUT2D eigenvalue weighted by Gasteiger charge is -2.10. The molecular weight excluding hydrogens is 328 g/mol. The van der Waals surface area contributed by atoms with Crippen LogP contribution in [-0.2, 0) is 6.18 Å². The molecule has 0 bridgehead atoms. The maximum atomic E-state index is 12.5. The fraction of sp³-hybridized carbons (Fsp3) is 0.111. The van der Waals surface area contributed by atoms with E-state index in [0.29, 0.717) is 3.95 Å². The Morgan fingerprint density at radius 3 is 2.17 bits per heavy atom. The molecular formula is C9H3Cl2F3N2S2. The number of aromatic nitrogens is 2. The molecule has 2 nitrogen and oxygen atoms in total. The maximum Gasteiger partial charge on any atom is 0.416 e. The molecule has 0 aliphatic heterocycles. The SMILES string of the molecule is FC(F)(F)c1cc(Cl)c(-c2nc(=S)s[nH]2)c(Cl)c1. The molecule has 1 heterocycles. The van der Waals surface area contributed by atoms with E-state index >= 15 is 0 Å². The summed E-state index contributed by atoms with van der Waals surface area (Å²) >= 11 is 17.5. The van der Waals surface area contributed by atoms with Gasteiger partial charge in [0.15, 0.2) is 9.78 Å². The first-order chi connectivity index (χ1) is 8.29. The van der Waals surface area contributed by atoms with Crippen LogP contribution in [0.25, 0.3) is 11.4 Å². The summed E-state index contributed by atoms with van der Waals surface area (Å²) in [6, 6.07) is 1.61. The minimum atomic E-state index is -4.50. The number of nitrogens with zero attached hydrogens (tertiary/aromatic N) is 1. The van der Waals surface area contributed by atoms with Gasteiger partial charge in [-0.25, -0.2) is 4.98 Å². The predicted octanol–water partition coefficient (Wildman–Crippen LogP) is 5.19. The second-order valence-electron chi connectivity index (χ2n) is 3.24. The molecule has 0 atom stereocenters. The molecule has 0 saturated heterocycles. The number of H-pyrrole nitrogens is 1. The van der Waals surface area contributed by atoms with Crippen LogP contribution in [0.2, 0.25) is 10.0 Å². The van der Waals surface area contributed by atoms with Crippen molar-refractivity contribution >= 4 is 47.0 Å². The van der Waals surface area contributed by atoms with Crippen molar-refractivity contribution < 1.29 is 13.2 Å². The lowest BCUT2D eigenvalue weighted by atomic mass is 10.1. The summed E-state index contributed by atoms with van der Waals surface area (Å²) in [5.74, 6) is 0.258. The van der Waals surface area contributed by atoms with Crippen molar-refractivity contribution in [1.82, 2.24) is 9.36 Å². The van der Waals surface area contributed by atoms with Crippen molar-refractivity contribution in [2.75, 3.05) is 0 Å². The van der Waals surface area contributed by atoms with Crippen LogP contribution in [0.1, 0.15) is 5.56 Å². The van der Waals surface area contributed by atoms with E-state index < -0.39 is 11.7 Å². The van der Waals surface area contributed by atoms with Gasteiger partial charge in [-0.2, -0.15) is 13.2 Å². The smallest absolute Gasteiger partial charge is 0.292 e. The van der Waals surface area contributed by atoms with E-state index in [4.69, 9.17) is 35.4 Å². The molecule has 96 valence electrons. The zero-order chi connectivity index (χ0) is 13.5. The van der Waals surface area contributed by atoms with Crippen molar-refractivity contribution in [1.29, 1.82) is 0 Å². The molecule has 0 radical (unpaired) electrons. The predicted molar refractivity (Wildman–Crippen MR) is 67.8 cm³/mol. The summed E-state index contributed by atoms with van der Waals surface area (Å²) in [7, 11) is 0. The molecule has 0 spiro atoms. The van der Waals surface area contributed by atoms with Crippen LogP contribution >= 0.6 is 47.0 Å². The third-order valence-corrected chi connectivity index (χ3v) is 3.54. The number of hydrogen-bond acceptors (Lipinski definition) is 3. The van der Waals surface area contributed by atoms with Gasteiger partial charge in [0.05, 0.1) is 21.2 Å². The molecule has 0 saturated carbocycles. The Hall–Kier alpha value is -0.630. The van der Waals surface area contributed by atoms with Crippen molar-refractivity contribution in [2.45, 2.75) is 6.18 Å². The Morgan fingerprint density at radius 1 is 1.22 bits per heavy atom. The van der Waals surface area contributed by atoms with Gasteiger partial charge in [-0.3, -0.25) is 4.37 Å². The standard InChI is InChI=1S/C9H3Cl2F3N2S2/c10-4-1-3(9(12,13)14)2-5(11)6(4)7-15-8(17)18-16-7/h1-2H,(H,15,16,17). The number of halogens is 5. The Morgan fingerprint density at radius 2 is 1.78 bits per heavy atom. The van der Waals surface area contributed by atoms with Gasteiger partial charge in [0, 0.05) is 0 Å². The number of hydrogen-bond donors (Lipinski definition) is 1. The topological polar surface area (TPSA) is 28.7 Å². The first kappa shape index (κ1) is 13.8. The normalized spacial score (nSPS) is 11.8. The van der Waals surface area contributed by atoms with Crippen molar-refractivity contribution in [3.8, 4) is 11.4 Å². The molecule has 0 unspecified atom stereocenters. The van der Waals surface area contributed by atoms with E-state index in [-0.39, 0.29) is 21.4 Å². The number of nitrogens with one attached hydrogen (secondary N) is 1. The van der Waals surface area contributed by atoms with Gasteiger partial charge in [-0.15, -0.1) is 0 Å². The molecule has 0 aliphatic carbocycles. The third kappa shape index (κ3) is 2.69. The Balaban J connectivity index is 2.61. The largest absolute Gasteiger partial charge is 0.416 e. The van der Waals surface area contributed by atoms with Gasteiger partial charge >= 0.3 is 6.18 Å². The van der Waals surface area contributed by atoms with Crippen molar-refractivity contribution in [3.63, 3.8) is 0 Å². The third-order valence-electron chi connectivity index (χ3n) is 2.04. The van der Waals surface area contributed by atoms with Gasteiger partial charge in [-0.05, 0) is 35.9 Å². The van der Waals surface area contributed by atoms with Gasteiger partial charge in [-0.1, -0.05) is 23.2 Å². The number of benzene rings is 1. The van der Waals surface area contributed by atoms with E-state index in [1.807, 2.05) is 0 Å². The molecule has 1 N–H and O–H groups in total. The molecule has 18 heavy (non-hydrogen) atoms. The fourth-order valence-electron chi connectivity index (χ4n) is 1.30. The van der Waals surface area contributed by atoms with Crippen LogP contribution in [0, 0.1) is 3.95 Å². The second kappa shape index (κ2) is 4.80. The average Bonchev–Trinajstić information content (AvgIpc) is 2.62. The van der Waals surface area contributed by atoms with Gasteiger partial charge in [0.1, 0.15) is 0 Å². The summed E-state index contributed by atoms with van der Waals surface area (Å²) in [6.07, 6.45) is -4.50. The summed E-state index contributed by atoms with van der Waals surface area (Å²) in [4.78, 5) is 3.92. The van der Waals surface area contributed by atoms with E-state index in [0.717, 1.165) is 23.7 Å². The zero-order valence-electron chi connectivity index (χ0n) is 8.31. The molecule has 1 aromatic carbocycles. The first-order valence-corrected chi connectivity index (χ1v) is 6.39. The molecule has 1 aromatic heterocycles. The number of alkyl halides is 3. The summed E-state index contributed by atoms with van der Waals surface area (Å²) < 4.78 is 40.6. The minimum absolute atomic E-state index is 0.133. The lowest BCUT2D eigenvalue weighted by molar-refractivity contribution is -0.137. The Bertz CT molecular complexity index is 625. The van der Waals surface area contributed by atoms with E-state index in [1.54, 1.807) is 0 Å². The lowest BCUT2D eigenvalue weighted by Crippen LogP contribution is -2.05. The highest BCUT2D eigenvalue weighted by atomic mass is 35.5. The van der Waals surface area contributed by atoms with Gasteiger partial charge in [0.25, 0.3) is 0 Å². The Labute approximate surface area is 119 Å². The van der Waals surface area contributed by atoms with Crippen LogP contribution in [0.4, 0.5) is 13.2 Å². The fourth-order valence-corrected chi connectivity index (χ4v) is 2.65. The van der Waals surface area contributed by atoms with Crippen molar-refractivity contribution in [2.24, 2.45) is 0 Å². The summed E-state index contributed by atoms with van der Waals surface area (Å²) in [6.45, 7) is 0. The van der Waals surface area contributed by atoms with E-state index in [1.165, 1.54) is 0 Å². The number of aromatic amines is 1. The van der Waals surface area contributed by atoms with Gasteiger partial charge in [0.2, 0.25) is 0 Å². The average molecular weight is 331 g/mol. The monoisotopic (exact) mass is 330 g/mol. The van der Waals surface area contributed by atoms with Crippen LogP contribution in [0.3, 0.4) is 0 Å². The molecule has 0 fully saturated rings. The van der Waals surface area contributed by atoms with Crippen LogP contribution in [-0.4, -0.2) is 9.36 Å². The highest BCUT2D eigenvalue weighted by molar-refractivity contribution is 7.73. The van der Waals surface area contributed by atoms with E-state index in [9.17, 15) is 13.2 Å². The van der Waals surface area contributed by atoms with Crippen molar-refractivity contribution in [3.05, 3.63) is 31.7 Å². The van der Waals surface area contributed by atoms with Crippen LogP contribution in [0.15, 0.2) is 12.1 Å². The van der Waals surface area contributed by atoms with E-state index in [2.05, 4.69) is 9.36 Å². The number of rotatable bonds is 1. The molecule has 2 rings (SSSR count). The molecule has 0 aliphatic rings. The van der Waals surface area contributed by atoms with Crippen LogP contribution in [0.5, 0.6) is 0 Å². The zero-order valence-corrected chi connectivity index (χ0v) is 11.5. The quantitative estimate of drug-likeness (QED) is 0.728. The Kier molecular flexibility index (Phi) is 3.68. The maximum absolute atomic E-state index is 12.5. The molecule has 2 aromatic rings.